The Morgan fingerprint density at radius 3 is 2.62 bits per heavy atom. The average molecular weight is 450 g/mol. The molecule has 3 N–H and O–H groups in total. The van der Waals surface area contributed by atoms with Crippen LogP contribution in [0.2, 0.25) is 0 Å². The number of hydrogen-bond acceptors (Lipinski definition) is 3. The summed E-state index contributed by atoms with van der Waals surface area (Å²) in [5.74, 6) is -2.32. The number of rotatable bonds is 4. The van der Waals surface area contributed by atoms with Crippen molar-refractivity contribution in [3.63, 3.8) is 0 Å². The van der Waals surface area contributed by atoms with Gasteiger partial charge in [-0.25, -0.2) is 4.79 Å². The van der Waals surface area contributed by atoms with E-state index in [1.165, 1.54) is 22.2 Å². The molecule has 172 valence electrons. The van der Waals surface area contributed by atoms with Gasteiger partial charge >= 0.3 is 12.1 Å². The fourth-order valence-corrected chi connectivity index (χ4v) is 3.91. The highest BCUT2D eigenvalue weighted by molar-refractivity contribution is 5.82. The molecule has 0 saturated heterocycles. The van der Waals surface area contributed by atoms with Crippen molar-refractivity contribution < 1.29 is 27.9 Å². The van der Waals surface area contributed by atoms with E-state index in [1.807, 2.05) is 6.20 Å². The first-order valence-electron chi connectivity index (χ1n) is 10.1. The second-order valence-electron chi connectivity index (χ2n) is 7.72. The minimum absolute atomic E-state index is 0.119. The first-order chi connectivity index (χ1) is 15.2. The normalized spacial score (nSPS) is 16.6. The summed E-state index contributed by atoms with van der Waals surface area (Å²) in [6.07, 6.45) is -0.391. The number of hydrogen-bond donors (Lipinski definition) is 3. The van der Waals surface area contributed by atoms with Crippen LogP contribution in [0.25, 0.3) is 10.9 Å². The van der Waals surface area contributed by atoms with Gasteiger partial charge in [0.1, 0.15) is 0 Å². The minimum Gasteiger partial charge on any atom is -0.475 e. The fraction of sp³-hybridized carbons (Fsp3) is 0.364. The van der Waals surface area contributed by atoms with Crippen LogP contribution in [0.1, 0.15) is 17.7 Å². The lowest BCUT2D eigenvalue weighted by atomic mass is 10.0. The standard InChI is InChI=1S/C20H24N4O.C2HF3O2/c1-21-20(25)10-15-11-23(14-17-5-3-9-24(17)12-15)13-16-4-2-6-19-18(16)7-8-22-19;3-2(4,5)1(6)7/h2-9,15,22H,10-14H2,1H3,(H,21,25);(H,6,7). The van der Waals surface area contributed by atoms with Crippen LogP contribution in [-0.2, 0) is 29.2 Å². The molecule has 0 radical (unpaired) electrons. The summed E-state index contributed by atoms with van der Waals surface area (Å²) in [6.45, 7) is 3.64. The summed E-state index contributed by atoms with van der Waals surface area (Å²) in [5.41, 5.74) is 3.83. The predicted octanol–water partition coefficient (Wildman–Crippen LogP) is 3.37. The van der Waals surface area contributed by atoms with Crippen LogP contribution >= 0.6 is 0 Å². The van der Waals surface area contributed by atoms with Crippen molar-refractivity contribution in [1.29, 1.82) is 0 Å². The van der Waals surface area contributed by atoms with Gasteiger partial charge in [-0.1, -0.05) is 12.1 Å². The van der Waals surface area contributed by atoms with E-state index in [0.29, 0.717) is 12.3 Å². The third-order valence-electron chi connectivity index (χ3n) is 5.36. The molecular weight excluding hydrogens is 425 g/mol. The van der Waals surface area contributed by atoms with Crippen LogP contribution in [0.15, 0.2) is 48.8 Å². The second-order valence-corrected chi connectivity index (χ2v) is 7.72. The zero-order valence-corrected chi connectivity index (χ0v) is 17.5. The summed E-state index contributed by atoms with van der Waals surface area (Å²) in [4.78, 5) is 26.6. The number of benzene rings is 1. The molecular formula is C22H25F3N4O3. The number of halogens is 3. The van der Waals surface area contributed by atoms with Crippen LogP contribution in [-0.4, -0.2) is 51.2 Å². The maximum atomic E-state index is 11.9. The number of aromatic amines is 1. The highest BCUT2D eigenvalue weighted by Gasteiger charge is 2.38. The van der Waals surface area contributed by atoms with Gasteiger partial charge in [0.15, 0.2) is 0 Å². The van der Waals surface area contributed by atoms with Gasteiger partial charge in [-0.2, -0.15) is 13.2 Å². The molecule has 0 aliphatic carbocycles. The Labute approximate surface area is 182 Å². The van der Waals surface area contributed by atoms with Gasteiger partial charge in [-0.3, -0.25) is 9.69 Å². The molecule has 7 nitrogen and oxygen atoms in total. The van der Waals surface area contributed by atoms with Crippen molar-refractivity contribution in [3.8, 4) is 0 Å². The number of carbonyl (C=O) groups is 2. The zero-order valence-electron chi connectivity index (χ0n) is 17.5. The van der Waals surface area contributed by atoms with Crippen molar-refractivity contribution in [2.75, 3.05) is 13.6 Å². The number of carboxylic acid groups (broad SMARTS) is 1. The Kier molecular flexibility index (Phi) is 7.24. The molecule has 0 saturated carbocycles. The average Bonchev–Trinajstić information content (AvgIpc) is 3.34. The van der Waals surface area contributed by atoms with Gasteiger partial charge in [0.2, 0.25) is 5.91 Å². The SMILES string of the molecule is CNC(=O)CC1CN(Cc2cccc3[nH]ccc23)Cc2cccn2C1.O=C(O)C(F)(F)F. The molecule has 2 aromatic heterocycles. The van der Waals surface area contributed by atoms with E-state index < -0.39 is 12.1 Å². The first kappa shape index (κ1) is 23.4. The molecule has 0 bridgehead atoms. The van der Waals surface area contributed by atoms with Crippen molar-refractivity contribution >= 4 is 22.8 Å². The molecule has 3 aromatic rings. The highest BCUT2D eigenvalue weighted by atomic mass is 19.4. The van der Waals surface area contributed by atoms with Crippen LogP contribution in [0.5, 0.6) is 0 Å². The van der Waals surface area contributed by atoms with Gasteiger partial charge in [0.05, 0.1) is 0 Å². The third-order valence-corrected chi connectivity index (χ3v) is 5.36. The van der Waals surface area contributed by atoms with E-state index in [9.17, 15) is 18.0 Å². The number of carboxylic acids is 1. The van der Waals surface area contributed by atoms with Gasteiger partial charge in [-0.15, -0.1) is 0 Å². The van der Waals surface area contributed by atoms with Crippen LogP contribution in [0.4, 0.5) is 13.2 Å². The number of aliphatic carboxylic acids is 1. The molecule has 32 heavy (non-hydrogen) atoms. The number of fused-ring (bicyclic) bond motifs is 2. The smallest absolute Gasteiger partial charge is 0.475 e. The number of nitrogens with one attached hydrogen (secondary N) is 2. The first-order valence-corrected chi connectivity index (χ1v) is 10.1. The molecule has 10 heteroatoms. The number of aromatic nitrogens is 2. The Balaban J connectivity index is 0.000000360. The second kappa shape index (κ2) is 9.90. The lowest BCUT2D eigenvalue weighted by Gasteiger charge is -2.24. The van der Waals surface area contributed by atoms with E-state index in [-0.39, 0.29) is 5.91 Å². The molecule has 1 aliphatic heterocycles. The minimum atomic E-state index is -5.08. The highest BCUT2D eigenvalue weighted by Crippen LogP contribution is 2.24. The van der Waals surface area contributed by atoms with E-state index >= 15 is 0 Å². The fourth-order valence-electron chi connectivity index (χ4n) is 3.91. The number of carbonyl (C=O) groups excluding carboxylic acids is 1. The van der Waals surface area contributed by atoms with E-state index in [0.717, 1.165) is 26.2 Å². The topological polar surface area (TPSA) is 90.4 Å². The summed E-state index contributed by atoms with van der Waals surface area (Å²) in [6, 6.07) is 12.9. The summed E-state index contributed by atoms with van der Waals surface area (Å²) < 4.78 is 34.0. The van der Waals surface area contributed by atoms with Crippen LogP contribution in [0.3, 0.4) is 0 Å². The predicted molar refractivity (Wildman–Crippen MR) is 113 cm³/mol. The summed E-state index contributed by atoms with van der Waals surface area (Å²) >= 11 is 0. The maximum Gasteiger partial charge on any atom is 0.490 e. The molecule has 0 fully saturated rings. The van der Waals surface area contributed by atoms with Crippen molar-refractivity contribution in [2.45, 2.75) is 32.2 Å². The van der Waals surface area contributed by atoms with Crippen molar-refractivity contribution in [2.24, 2.45) is 5.92 Å². The third kappa shape index (κ3) is 5.91. The molecule has 1 atom stereocenters. The Morgan fingerprint density at radius 2 is 1.94 bits per heavy atom. The maximum absolute atomic E-state index is 11.9. The summed E-state index contributed by atoms with van der Waals surface area (Å²) in [7, 11) is 1.71. The van der Waals surface area contributed by atoms with Gasteiger partial charge in [-0.05, 0) is 35.7 Å². The van der Waals surface area contributed by atoms with Crippen LogP contribution < -0.4 is 5.32 Å². The monoisotopic (exact) mass is 450 g/mol. The Hall–Kier alpha value is -3.27. The van der Waals surface area contributed by atoms with Crippen molar-refractivity contribution in [1.82, 2.24) is 19.8 Å². The zero-order chi connectivity index (χ0) is 23.3. The number of nitrogens with zero attached hydrogens (tertiary/aromatic N) is 2. The van der Waals surface area contributed by atoms with Gasteiger partial charge < -0.3 is 20.0 Å². The van der Waals surface area contributed by atoms with Gasteiger partial charge in [0, 0.05) is 68.6 Å². The van der Waals surface area contributed by atoms with Gasteiger partial charge in [0.25, 0.3) is 0 Å². The number of amides is 1. The Bertz CT molecular complexity index is 1070. The molecule has 1 amide bonds. The van der Waals surface area contributed by atoms with E-state index in [2.05, 4.69) is 62.4 Å². The van der Waals surface area contributed by atoms with E-state index in [1.54, 1.807) is 7.05 Å². The lowest BCUT2D eigenvalue weighted by molar-refractivity contribution is -0.192. The Morgan fingerprint density at radius 1 is 1.19 bits per heavy atom. The molecule has 3 heterocycles. The molecule has 0 spiro atoms. The van der Waals surface area contributed by atoms with Crippen LogP contribution in [0, 0.1) is 5.92 Å². The largest absolute Gasteiger partial charge is 0.490 e. The summed E-state index contributed by atoms with van der Waals surface area (Å²) in [5, 5.41) is 11.2. The number of alkyl halides is 3. The molecule has 1 unspecified atom stereocenters. The quantitative estimate of drug-likeness (QED) is 0.569. The molecule has 4 rings (SSSR count). The van der Waals surface area contributed by atoms with E-state index in [4.69, 9.17) is 9.90 Å². The molecule has 1 aromatic carbocycles. The van der Waals surface area contributed by atoms with Crippen molar-refractivity contribution in [3.05, 3.63) is 60.0 Å². The molecule has 1 aliphatic rings. The lowest BCUT2D eigenvalue weighted by Crippen LogP contribution is -2.31. The number of H-pyrrole nitrogens is 1.